The van der Waals surface area contributed by atoms with Crippen molar-refractivity contribution in [3.8, 4) is 11.5 Å². The molecular formula is C19H26N4O2S. The van der Waals surface area contributed by atoms with E-state index >= 15 is 0 Å². The van der Waals surface area contributed by atoms with Crippen LogP contribution in [0.25, 0.3) is 0 Å². The molecule has 7 heteroatoms. The molecule has 2 heterocycles. The average molecular weight is 375 g/mol. The van der Waals surface area contributed by atoms with Crippen LogP contribution in [-0.2, 0) is 18.5 Å². The molecule has 0 saturated carbocycles. The highest BCUT2D eigenvalue weighted by Crippen LogP contribution is 2.32. The summed E-state index contributed by atoms with van der Waals surface area (Å²) in [7, 11) is 0. The Labute approximate surface area is 158 Å². The quantitative estimate of drug-likeness (QED) is 0.620. The number of aliphatic imine (C=N–C) groups is 1. The maximum absolute atomic E-state index is 5.42. The highest BCUT2D eigenvalue weighted by Gasteiger charge is 2.17. The molecular weight excluding hydrogens is 348 g/mol. The Morgan fingerprint density at radius 3 is 2.77 bits per heavy atom. The molecule has 26 heavy (non-hydrogen) atoms. The van der Waals surface area contributed by atoms with E-state index in [-0.39, 0.29) is 12.2 Å². The number of ether oxygens (including phenoxy) is 2. The SMILES string of the molecule is CCNC(=NCc1ccc2c(c1)OCO2)NCc1nc(C(C)(C)C)cs1. The van der Waals surface area contributed by atoms with Crippen molar-refractivity contribution in [3.63, 3.8) is 0 Å². The van der Waals surface area contributed by atoms with Crippen molar-refractivity contribution < 1.29 is 9.47 Å². The van der Waals surface area contributed by atoms with Crippen LogP contribution in [0.3, 0.4) is 0 Å². The van der Waals surface area contributed by atoms with Crippen molar-refractivity contribution >= 4 is 17.3 Å². The molecule has 0 spiro atoms. The Bertz CT molecular complexity index is 780. The van der Waals surface area contributed by atoms with Crippen molar-refractivity contribution in [2.75, 3.05) is 13.3 Å². The first kappa shape index (κ1) is 18.5. The second kappa shape index (κ2) is 7.95. The topological polar surface area (TPSA) is 67.8 Å². The highest BCUT2D eigenvalue weighted by atomic mass is 32.1. The van der Waals surface area contributed by atoms with Crippen molar-refractivity contribution in [2.45, 2.75) is 46.2 Å². The van der Waals surface area contributed by atoms with Gasteiger partial charge in [0.25, 0.3) is 0 Å². The Morgan fingerprint density at radius 2 is 2.04 bits per heavy atom. The van der Waals surface area contributed by atoms with Gasteiger partial charge < -0.3 is 20.1 Å². The van der Waals surface area contributed by atoms with Crippen molar-refractivity contribution in [2.24, 2.45) is 4.99 Å². The number of guanidine groups is 1. The first-order valence-corrected chi connectivity index (χ1v) is 9.69. The zero-order valence-corrected chi connectivity index (χ0v) is 16.6. The molecule has 0 atom stereocenters. The van der Waals surface area contributed by atoms with Crippen LogP contribution in [0.1, 0.15) is 44.0 Å². The van der Waals surface area contributed by atoms with Gasteiger partial charge in [-0.25, -0.2) is 9.98 Å². The van der Waals surface area contributed by atoms with Gasteiger partial charge in [0.15, 0.2) is 17.5 Å². The van der Waals surface area contributed by atoms with Crippen LogP contribution in [0.15, 0.2) is 28.6 Å². The number of rotatable bonds is 5. The number of fused-ring (bicyclic) bond motifs is 1. The van der Waals surface area contributed by atoms with Crippen molar-refractivity contribution in [3.05, 3.63) is 39.8 Å². The number of hydrogen-bond acceptors (Lipinski definition) is 5. The Hall–Kier alpha value is -2.28. The maximum Gasteiger partial charge on any atom is 0.231 e. The predicted octanol–water partition coefficient (Wildman–Crippen LogP) is 3.42. The second-order valence-corrected chi connectivity index (χ2v) is 8.06. The lowest BCUT2D eigenvalue weighted by atomic mass is 9.93. The van der Waals surface area contributed by atoms with Gasteiger partial charge in [0.1, 0.15) is 5.01 Å². The second-order valence-electron chi connectivity index (χ2n) is 7.11. The molecule has 0 bridgehead atoms. The fourth-order valence-electron chi connectivity index (χ4n) is 2.45. The first-order chi connectivity index (χ1) is 12.5. The Kier molecular flexibility index (Phi) is 5.66. The third-order valence-electron chi connectivity index (χ3n) is 3.93. The lowest BCUT2D eigenvalue weighted by molar-refractivity contribution is 0.174. The molecule has 0 saturated heterocycles. The van der Waals surface area contributed by atoms with Crippen molar-refractivity contribution in [1.29, 1.82) is 0 Å². The number of hydrogen-bond donors (Lipinski definition) is 2. The summed E-state index contributed by atoms with van der Waals surface area (Å²) < 4.78 is 10.8. The molecule has 0 radical (unpaired) electrons. The predicted molar refractivity (Wildman–Crippen MR) is 105 cm³/mol. The molecule has 140 valence electrons. The molecule has 2 N–H and O–H groups in total. The van der Waals surface area contributed by atoms with E-state index in [0.29, 0.717) is 13.1 Å². The molecule has 0 amide bonds. The molecule has 1 aliphatic rings. The molecule has 6 nitrogen and oxygen atoms in total. The van der Waals surface area contributed by atoms with Crippen LogP contribution < -0.4 is 20.1 Å². The van der Waals surface area contributed by atoms with Crippen molar-refractivity contribution in [1.82, 2.24) is 15.6 Å². The van der Waals surface area contributed by atoms with E-state index in [9.17, 15) is 0 Å². The summed E-state index contributed by atoms with van der Waals surface area (Å²) in [6.07, 6.45) is 0. The van der Waals surface area contributed by atoms with Crippen LogP contribution in [-0.4, -0.2) is 24.3 Å². The molecule has 1 aromatic carbocycles. The van der Waals surface area contributed by atoms with Gasteiger partial charge in [-0.15, -0.1) is 11.3 Å². The molecule has 0 aliphatic carbocycles. The monoisotopic (exact) mass is 374 g/mol. The normalized spacial score (nSPS) is 13.8. The van der Waals surface area contributed by atoms with E-state index in [1.54, 1.807) is 11.3 Å². The summed E-state index contributed by atoms with van der Waals surface area (Å²) in [6, 6.07) is 5.92. The van der Waals surface area contributed by atoms with Crippen LogP contribution >= 0.6 is 11.3 Å². The minimum absolute atomic E-state index is 0.0761. The smallest absolute Gasteiger partial charge is 0.231 e. The van der Waals surface area contributed by atoms with Gasteiger partial charge in [0, 0.05) is 17.3 Å². The van der Waals surface area contributed by atoms with E-state index in [1.165, 1.54) is 0 Å². The molecule has 2 aromatic rings. The van der Waals surface area contributed by atoms with Crippen LogP contribution in [0.5, 0.6) is 11.5 Å². The van der Waals surface area contributed by atoms with Gasteiger partial charge >= 0.3 is 0 Å². The van der Waals surface area contributed by atoms with E-state index < -0.39 is 0 Å². The highest BCUT2D eigenvalue weighted by molar-refractivity contribution is 7.09. The lowest BCUT2D eigenvalue weighted by Gasteiger charge is -2.14. The van der Waals surface area contributed by atoms with E-state index in [4.69, 9.17) is 14.5 Å². The number of nitrogens with zero attached hydrogens (tertiary/aromatic N) is 2. The van der Waals surface area contributed by atoms with Gasteiger partial charge in [-0.05, 0) is 24.6 Å². The number of nitrogens with one attached hydrogen (secondary N) is 2. The third-order valence-corrected chi connectivity index (χ3v) is 4.78. The van der Waals surface area contributed by atoms with Crippen LogP contribution in [0, 0.1) is 0 Å². The summed E-state index contributed by atoms with van der Waals surface area (Å²) >= 11 is 1.68. The number of thiazole rings is 1. The minimum atomic E-state index is 0.0761. The zero-order valence-electron chi connectivity index (χ0n) is 15.8. The summed E-state index contributed by atoms with van der Waals surface area (Å²) in [5.74, 6) is 2.35. The standard InChI is InChI=1S/C19H26N4O2S/c1-5-20-18(22-10-17-23-16(11-26-17)19(2,3)4)21-9-13-6-7-14-15(8-13)25-12-24-14/h6-8,11H,5,9-10,12H2,1-4H3,(H2,20,21,22). The van der Waals surface area contributed by atoms with Gasteiger partial charge in [0.2, 0.25) is 6.79 Å². The number of benzene rings is 1. The molecule has 0 fully saturated rings. The van der Waals surface area contributed by atoms with E-state index in [1.807, 2.05) is 18.2 Å². The summed E-state index contributed by atoms with van der Waals surface area (Å²) in [5.41, 5.74) is 2.28. The lowest BCUT2D eigenvalue weighted by Crippen LogP contribution is -2.36. The van der Waals surface area contributed by atoms with Gasteiger partial charge in [0.05, 0.1) is 18.8 Å². The van der Waals surface area contributed by atoms with Gasteiger partial charge in [-0.2, -0.15) is 0 Å². The first-order valence-electron chi connectivity index (χ1n) is 8.81. The summed E-state index contributed by atoms with van der Waals surface area (Å²) in [6.45, 7) is 10.9. The van der Waals surface area contributed by atoms with E-state index in [0.717, 1.165) is 40.3 Å². The van der Waals surface area contributed by atoms with Gasteiger partial charge in [-0.1, -0.05) is 26.8 Å². The van der Waals surface area contributed by atoms with E-state index in [2.05, 4.69) is 48.7 Å². The average Bonchev–Trinajstić information content (AvgIpc) is 3.25. The number of aromatic nitrogens is 1. The maximum atomic E-state index is 5.42. The van der Waals surface area contributed by atoms with Crippen LogP contribution in [0.4, 0.5) is 0 Å². The Morgan fingerprint density at radius 1 is 1.23 bits per heavy atom. The summed E-state index contributed by atoms with van der Waals surface area (Å²) in [4.78, 5) is 9.37. The zero-order chi connectivity index (χ0) is 18.6. The van der Waals surface area contributed by atoms with Crippen LogP contribution in [0.2, 0.25) is 0 Å². The summed E-state index contributed by atoms with van der Waals surface area (Å²) in [5, 5.41) is 9.82. The molecule has 0 unspecified atom stereocenters. The minimum Gasteiger partial charge on any atom is -0.454 e. The largest absolute Gasteiger partial charge is 0.454 e. The molecule has 1 aliphatic heterocycles. The third kappa shape index (κ3) is 4.66. The Balaban J connectivity index is 1.61. The molecule has 3 rings (SSSR count). The molecule has 1 aromatic heterocycles. The van der Waals surface area contributed by atoms with Gasteiger partial charge in [-0.3, -0.25) is 0 Å². The fraction of sp³-hybridized carbons (Fsp3) is 0.474. The fourth-order valence-corrected chi connectivity index (χ4v) is 3.41.